The lowest BCUT2D eigenvalue weighted by Crippen LogP contribution is -2.08. The summed E-state index contributed by atoms with van der Waals surface area (Å²) in [5.74, 6) is 2.34. The maximum atomic E-state index is 5.89. The van der Waals surface area contributed by atoms with Crippen molar-refractivity contribution >= 4 is 5.69 Å². The van der Waals surface area contributed by atoms with Crippen LogP contribution < -0.4 is 14.8 Å². The monoisotopic (exact) mass is 299 g/mol. The standard InChI is InChI=1S/C19H25NO2/c1-4-21-19-12-8-6-10-17(19)20-13-16-9-5-7-11-18(16)22-14-15(2)3/h5-12,15,20H,4,13-14H2,1-3H3. The zero-order valence-electron chi connectivity index (χ0n) is 13.6. The lowest BCUT2D eigenvalue weighted by atomic mass is 10.2. The van der Waals surface area contributed by atoms with Crippen LogP contribution in [0.1, 0.15) is 26.3 Å². The number of benzene rings is 2. The molecule has 118 valence electrons. The van der Waals surface area contributed by atoms with Crippen molar-refractivity contribution in [3.05, 3.63) is 54.1 Å². The molecule has 0 aliphatic carbocycles. The van der Waals surface area contributed by atoms with Crippen molar-refractivity contribution in [2.24, 2.45) is 5.92 Å². The number of anilines is 1. The molecule has 0 saturated carbocycles. The summed E-state index contributed by atoms with van der Waals surface area (Å²) in [5.41, 5.74) is 2.15. The second kappa shape index (κ2) is 8.32. The highest BCUT2D eigenvalue weighted by atomic mass is 16.5. The molecule has 0 fully saturated rings. The summed E-state index contributed by atoms with van der Waals surface area (Å²) >= 11 is 0. The lowest BCUT2D eigenvalue weighted by Gasteiger charge is -2.15. The second-order valence-electron chi connectivity index (χ2n) is 5.60. The number of hydrogen-bond acceptors (Lipinski definition) is 3. The van der Waals surface area contributed by atoms with E-state index in [2.05, 4.69) is 25.2 Å². The van der Waals surface area contributed by atoms with Crippen LogP contribution in [0.3, 0.4) is 0 Å². The first kappa shape index (κ1) is 16.2. The van der Waals surface area contributed by atoms with Gasteiger partial charge in [-0.15, -0.1) is 0 Å². The van der Waals surface area contributed by atoms with Crippen LogP contribution in [-0.4, -0.2) is 13.2 Å². The Balaban J connectivity index is 2.05. The van der Waals surface area contributed by atoms with Crippen LogP contribution in [0.5, 0.6) is 11.5 Å². The average Bonchev–Trinajstić information content (AvgIpc) is 2.53. The molecule has 0 aliphatic heterocycles. The van der Waals surface area contributed by atoms with Gasteiger partial charge in [-0.25, -0.2) is 0 Å². The highest BCUT2D eigenvalue weighted by Crippen LogP contribution is 2.26. The summed E-state index contributed by atoms with van der Waals surface area (Å²) in [7, 11) is 0. The van der Waals surface area contributed by atoms with Gasteiger partial charge in [0.25, 0.3) is 0 Å². The first-order chi connectivity index (χ1) is 10.7. The van der Waals surface area contributed by atoms with Gasteiger partial charge in [0.2, 0.25) is 0 Å². The summed E-state index contributed by atoms with van der Waals surface area (Å²) in [6.07, 6.45) is 0. The first-order valence-corrected chi connectivity index (χ1v) is 7.87. The van der Waals surface area contributed by atoms with Crippen LogP contribution in [0.25, 0.3) is 0 Å². The lowest BCUT2D eigenvalue weighted by molar-refractivity contribution is 0.269. The maximum absolute atomic E-state index is 5.89. The van der Waals surface area contributed by atoms with Crippen molar-refractivity contribution in [1.82, 2.24) is 0 Å². The van der Waals surface area contributed by atoms with Gasteiger partial charge < -0.3 is 14.8 Å². The van der Waals surface area contributed by atoms with Crippen LogP contribution in [0.4, 0.5) is 5.69 Å². The predicted octanol–water partition coefficient (Wildman–Crippen LogP) is 4.73. The summed E-state index contributed by atoms with van der Waals surface area (Å²) in [4.78, 5) is 0. The molecule has 3 heteroatoms. The molecule has 2 aromatic carbocycles. The molecule has 0 aliphatic rings. The van der Waals surface area contributed by atoms with Crippen molar-refractivity contribution in [2.45, 2.75) is 27.3 Å². The maximum Gasteiger partial charge on any atom is 0.142 e. The van der Waals surface area contributed by atoms with E-state index in [1.165, 1.54) is 0 Å². The zero-order chi connectivity index (χ0) is 15.8. The van der Waals surface area contributed by atoms with Gasteiger partial charge in [-0.1, -0.05) is 44.2 Å². The summed E-state index contributed by atoms with van der Waals surface area (Å²) in [5, 5.41) is 3.44. The molecule has 22 heavy (non-hydrogen) atoms. The van der Waals surface area contributed by atoms with Crippen LogP contribution in [0.2, 0.25) is 0 Å². The minimum atomic E-state index is 0.514. The van der Waals surface area contributed by atoms with Gasteiger partial charge in [0.1, 0.15) is 11.5 Å². The quantitative estimate of drug-likeness (QED) is 0.764. The van der Waals surface area contributed by atoms with E-state index in [0.29, 0.717) is 19.1 Å². The van der Waals surface area contributed by atoms with Gasteiger partial charge in [-0.2, -0.15) is 0 Å². The zero-order valence-corrected chi connectivity index (χ0v) is 13.6. The third kappa shape index (κ3) is 4.69. The molecule has 0 heterocycles. The van der Waals surface area contributed by atoms with Gasteiger partial charge >= 0.3 is 0 Å². The van der Waals surface area contributed by atoms with Crippen molar-refractivity contribution in [3.63, 3.8) is 0 Å². The molecule has 0 saturated heterocycles. The predicted molar refractivity (Wildman–Crippen MR) is 91.7 cm³/mol. The molecule has 0 atom stereocenters. The van der Waals surface area contributed by atoms with E-state index in [-0.39, 0.29) is 0 Å². The van der Waals surface area contributed by atoms with E-state index in [1.54, 1.807) is 0 Å². The fourth-order valence-corrected chi connectivity index (χ4v) is 2.13. The third-order valence-corrected chi connectivity index (χ3v) is 3.20. The van der Waals surface area contributed by atoms with E-state index in [9.17, 15) is 0 Å². The first-order valence-electron chi connectivity index (χ1n) is 7.87. The Kier molecular flexibility index (Phi) is 6.13. The fourth-order valence-electron chi connectivity index (χ4n) is 2.13. The Labute approximate surface area is 133 Å². The van der Waals surface area contributed by atoms with Crippen molar-refractivity contribution in [2.75, 3.05) is 18.5 Å². The number of ether oxygens (including phenoxy) is 2. The molecule has 1 N–H and O–H groups in total. The Morgan fingerprint density at radius 2 is 1.59 bits per heavy atom. The van der Waals surface area contributed by atoms with E-state index in [1.807, 2.05) is 49.4 Å². The van der Waals surface area contributed by atoms with Crippen molar-refractivity contribution in [3.8, 4) is 11.5 Å². The molecule has 0 amide bonds. The molecule has 0 unspecified atom stereocenters. The molecular weight excluding hydrogens is 274 g/mol. The summed E-state index contributed by atoms with van der Waals surface area (Å²) < 4.78 is 11.5. The topological polar surface area (TPSA) is 30.5 Å². The van der Waals surface area contributed by atoms with E-state index in [0.717, 1.165) is 29.4 Å². The molecule has 0 spiro atoms. The van der Waals surface area contributed by atoms with Crippen LogP contribution in [0.15, 0.2) is 48.5 Å². The molecule has 0 bridgehead atoms. The van der Waals surface area contributed by atoms with Crippen LogP contribution >= 0.6 is 0 Å². The second-order valence-corrected chi connectivity index (χ2v) is 5.60. The van der Waals surface area contributed by atoms with E-state index >= 15 is 0 Å². The minimum Gasteiger partial charge on any atom is -0.493 e. The fraction of sp³-hybridized carbons (Fsp3) is 0.368. The Hall–Kier alpha value is -2.16. The number of para-hydroxylation sites is 3. The highest BCUT2D eigenvalue weighted by Gasteiger charge is 2.06. The van der Waals surface area contributed by atoms with E-state index in [4.69, 9.17) is 9.47 Å². The molecule has 3 nitrogen and oxygen atoms in total. The SMILES string of the molecule is CCOc1ccccc1NCc1ccccc1OCC(C)C. The largest absolute Gasteiger partial charge is 0.493 e. The van der Waals surface area contributed by atoms with E-state index < -0.39 is 0 Å². The normalized spacial score (nSPS) is 10.5. The Morgan fingerprint density at radius 3 is 2.32 bits per heavy atom. The van der Waals surface area contributed by atoms with Gasteiger partial charge in [-0.05, 0) is 31.0 Å². The summed E-state index contributed by atoms with van der Waals surface area (Å²) in [6.45, 7) is 8.39. The van der Waals surface area contributed by atoms with Gasteiger partial charge in [0, 0.05) is 12.1 Å². The highest BCUT2D eigenvalue weighted by molar-refractivity contribution is 5.56. The molecule has 2 aromatic rings. The van der Waals surface area contributed by atoms with Crippen LogP contribution in [-0.2, 0) is 6.54 Å². The molecule has 0 radical (unpaired) electrons. The van der Waals surface area contributed by atoms with Gasteiger partial charge in [0.15, 0.2) is 0 Å². The Bertz CT molecular complexity index is 581. The molecule has 0 aromatic heterocycles. The number of hydrogen-bond donors (Lipinski definition) is 1. The number of rotatable bonds is 8. The average molecular weight is 299 g/mol. The summed E-state index contributed by atoms with van der Waals surface area (Å²) in [6, 6.07) is 16.2. The van der Waals surface area contributed by atoms with Gasteiger partial charge in [-0.3, -0.25) is 0 Å². The Morgan fingerprint density at radius 1 is 0.909 bits per heavy atom. The molecular formula is C19H25NO2. The van der Waals surface area contributed by atoms with Gasteiger partial charge in [0.05, 0.1) is 18.9 Å². The van der Waals surface area contributed by atoms with Crippen LogP contribution in [0, 0.1) is 5.92 Å². The smallest absolute Gasteiger partial charge is 0.142 e. The minimum absolute atomic E-state index is 0.514. The van der Waals surface area contributed by atoms with Crippen molar-refractivity contribution < 1.29 is 9.47 Å². The number of nitrogens with one attached hydrogen (secondary N) is 1. The third-order valence-electron chi connectivity index (χ3n) is 3.20. The van der Waals surface area contributed by atoms with Crippen molar-refractivity contribution in [1.29, 1.82) is 0 Å². The molecule has 2 rings (SSSR count).